The second kappa shape index (κ2) is 14.6. The van der Waals surface area contributed by atoms with E-state index in [1.807, 2.05) is 69.5 Å². The molecule has 0 amide bonds. The molecule has 2 aromatic carbocycles. The Labute approximate surface area is 197 Å². The Balaban J connectivity index is 0.000000434. The zero-order valence-corrected chi connectivity index (χ0v) is 20.8. The van der Waals surface area contributed by atoms with E-state index in [0.29, 0.717) is 17.5 Å². The SMILES string of the molecule is CC(C)c1cccc(C(C)C)c1[O-].C[C]1[CH][CH][CH][CH][CH]1.Cc1cccc(C)c1[NH-].[V+2]. The minimum absolute atomic E-state index is 0. The molecule has 1 N–H and O–H groups in total. The van der Waals surface area contributed by atoms with Gasteiger partial charge in [-0.1, -0.05) is 93.3 Å². The summed E-state index contributed by atoms with van der Waals surface area (Å²) < 4.78 is 0. The number of hydrogen-bond acceptors (Lipinski definition) is 1. The summed E-state index contributed by atoms with van der Waals surface area (Å²) in [7, 11) is 0. The molecule has 7 radical (unpaired) electrons. The first-order valence-corrected chi connectivity index (χ1v) is 10.2. The first-order valence-electron chi connectivity index (χ1n) is 10.2. The Bertz CT molecular complexity index is 687. The third-order valence-corrected chi connectivity index (χ3v) is 4.74. The minimum Gasteiger partial charge on any atom is -0.872 e. The zero-order valence-electron chi connectivity index (χ0n) is 19.4. The molecule has 0 unspecified atom stereocenters. The fourth-order valence-corrected chi connectivity index (χ4v) is 2.83. The van der Waals surface area contributed by atoms with Crippen molar-refractivity contribution in [1.82, 2.24) is 0 Å². The summed E-state index contributed by atoms with van der Waals surface area (Å²) in [6, 6.07) is 11.7. The number of aryl methyl sites for hydroxylation is 2. The topological polar surface area (TPSA) is 46.9 Å². The largest absolute Gasteiger partial charge is 2.00 e. The Morgan fingerprint density at radius 3 is 1.40 bits per heavy atom. The summed E-state index contributed by atoms with van der Waals surface area (Å²) in [5.74, 6) is 2.20. The van der Waals surface area contributed by atoms with Gasteiger partial charge in [0.2, 0.25) is 0 Å². The quantitative estimate of drug-likeness (QED) is 0.474. The summed E-state index contributed by atoms with van der Waals surface area (Å²) in [6.45, 7) is 14.2. The van der Waals surface area contributed by atoms with E-state index in [-0.39, 0.29) is 24.3 Å². The standard InChI is InChI=1S/C12H18O.C8H10N.C7H8.V/c1-8(2)10-6-5-7-11(9(3)4)12(10)13;1-6-4-3-5-7(2)8(6)9;1-7-5-3-2-4-6-7;/h5-9,13H,1-4H3;3-5,9H,1-2H3;2-6H,1H3;/q;-1;;+2/p-1. The van der Waals surface area contributed by atoms with Gasteiger partial charge in [-0.25, -0.2) is 0 Å². The summed E-state index contributed by atoms with van der Waals surface area (Å²) in [5, 5.41) is 11.9. The summed E-state index contributed by atoms with van der Waals surface area (Å²) in [4.78, 5) is 0. The molecule has 0 bridgehead atoms. The van der Waals surface area contributed by atoms with Crippen molar-refractivity contribution in [2.45, 2.75) is 60.3 Å². The average Bonchev–Trinajstić information content (AvgIpc) is 2.67. The molecular formula is C27H35NOV. The van der Waals surface area contributed by atoms with Crippen LogP contribution in [0.2, 0.25) is 0 Å². The van der Waals surface area contributed by atoms with Crippen LogP contribution in [0.4, 0.5) is 5.69 Å². The summed E-state index contributed by atoms with van der Waals surface area (Å²) in [6.07, 6.45) is 10.3. The van der Waals surface area contributed by atoms with E-state index in [4.69, 9.17) is 5.73 Å². The molecule has 3 heteroatoms. The maximum absolute atomic E-state index is 11.9. The minimum atomic E-state index is 0. The molecule has 2 nitrogen and oxygen atoms in total. The first kappa shape index (κ1) is 28.6. The van der Waals surface area contributed by atoms with Crippen molar-refractivity contribution in [2.24, 2.45) is 0 Å². The van der Waals surface area contributed by atoms with E-state index in [9.17, 15) is 5.11 Å². The van der Waals surface area contributed by atoms with Crippen LogP contribution in [0.1, 0.15) is 68.7 Å². The van der Waals surface area contributed by atoms with Crippen LogP contribution >= 0.6 is 0 Å². The van der Waals surface area contributed by atoms with Crippen molar-refractivity contribution in [2.75, 3.05) is 0 Å². The van der Waals surface area contributed by atoms with Crippen LogP contribution in [0.15, 0.2) is 36.4 Å². The maximum atomic E-state index is 11.9. The Kier molecular flexibility index (Phi) is 13.9. The molecule has 2 aromatic rings. The number of rotatable bonds is 2. The molecule has 0 aromatic heterocycles. The van der Waals surface area contributed by atoms with E-state index in [1.165, 1.54) is 5.92 Å². The van der Waals surface area contributed by atoms with Gasteiger partial charge in [0.05, 0.1) is 0 Å². The number of hydrogen-bond donors (Lipinski definition) is 0. The number of para-hydroxylation sites is 1. The van der Waals surface area contributed by atoms with Gasteiger partial charge < -0.3 is 10.8 Å². The van der Waals surface area contributed by atoms with Crippen LogP contribution in [0.5, 0.6) is 5.75 Å². The second-order valence-corrected chi connectivity index (χ2v) is 8.00. The van der Waals surface area contributed by atoms with Crippen molar-refractivity contribution in [3.63, 3.8) is 0 Å². The number of nitrogens with one attached hydrogen (secondary N) is 1. The molecule has 1 saturated carbocycles. The van der Waals surface area contributed by atoms with Gasteiger partial charge in [0.15, 0.2) is 0 Å². The van der Waals surface area contributed by atoms with Crippen molar-refractivity contribution in [3.8, 4) is 5.75 Å². The van der Waals surface area contributed by atoms with Crippen molar-refractivity contribution < 1.29 is 23.7 Å². The molecule has 1 aliphatic rings. The van der Waals surface area contributed by atoms with E-state index < -0.39 is 0 Å². The molecule has 3 rings (SSSR count). The molecule has 1 aliphatic carbocycles. The normalized spacial score (nSPS) is 13.6. The summed E-state index contributed by atoms with van der Waals surface area (Å²) in [5.41, 5.74) is 12.1. The predicted octanol–water partition coefficient (Wildman–Crippen LogP) is 7.61. The van der Waals surface area contributed by atoms with E-state index in [2.05, 4.69) is 47.5 Å². The molecule has 1 fully saturated rings. The molecule has 0 aliphatic heterocycles. The van der Waals surface area contributed by atoms with Gasteiger partial charge in [0, 0.05) is 0 Å². The molecule has 0 saturated heterocycles. The van der Waals surface area contributed by atoms with E-state index in [1.54, 1.807) is 0 Å². The second-order valence-electron chi connectivity index (χ2n) is 8.00. The van der Waals surface area contributed by atoms with Gasteiger partial charge in [-0.15, -0.1) is 11.4 Å². The fourth-order valence-electron chi connectivity index (χ4n) is 2.83. The maximum Gasteiger partial charge on any atom is 2.00 e. The summed E-state index contributed by atoms with van der Waals surface area (Å²) >= 11 is 0. The smallest absolute Gasteiger partial charge is 0.872 e. The number of benzene rings is 2. The first-order chi connectivity index (χ1) is 13.6. The van der Waals surface area contributed by atoms with Crippen LogP contribution in [0.25, 0.3) is 5.73 Å². The molecule has 0 heterocycles. The monoisotopic (exact) mass is 440 g/mol. The van der Waals surface area contributed by atoms with E-state index >= 15 is 0 Å². The van der Waals surface area contributed by atoms with Crippen LogP contribution in [0, 0.1) is 51.9 Å². The Morgan fingerprint density at radius 2 is 1.10 bits per heavy atom. The van der Waals surface area contributed by atoms with Gasteiger partial charge in [-0.2, -0.15) is 0 Å². The van der Waals surface area contributed by atoms with Gasteiger partial charge in [-0.3, -0.25) is 0 Å². The van der Waals surface area contributed by atoms with Crippen molar-refractivity contribution in [1.29, 1.82) is 0 Å². The van der Waals surface area contributed by atoms with Gasteiger partial charge in [-0.05, 0) is 63.7 Å². The van der Waals surface area contributed by atoms with E-state index in [0.717, 1.165) is 22.3 Å². The zero-order chi connectivity index (χ0) is 22.0. The van der Waals surface area contributed by atoms with Crippen molar-refractivity contribution in [3.05, 3.63) is 102 Å². The average molecular weight is 441 g/mol. The fraction of sp³-hybridized carbons (Fsp3) is 0.333. The van der Waals surface area contributed by atoms with Gasteiger partial charge in [0.25, 0.3) is 0 Å². The third kappa shape index (κ3) is 9.62. The van der Waals surface area contributed by atoms with Gasteiger partial charge in [0.1, 0.15) is 0 Å². The predicted molar refractivity (Wildman–Crippen MR) is 124 cm³/mol. The Morgan fingerprint density at radius 1 is 0.700 bits per heavy atom. The van der Waals surface area contributed by atoms with Crippen LogP contribution in [-0.2, 0) is 18.6 Å². The Hall–Kier alpha value is -1.38. The molecule has 0 atom stereocenters. The molecular weight excluding hydrogens is 405 g/mol. The molecule has 159 valence electrons. The molecule has 0 spiro atoms. The van der Waals surface area contributed by atoms with Crippen LogP contribution in [-0.4, -0.2) is 0 Å². The third-order valence-electron chi connectivity index (χ3n) is 4.74. The van der Waals surface area contributed by atoms with Crippen LogP contribution in [0.3, 0.4) is 0 Å². The van der Waals surface area contributed by atoms with Crippen LogP contribution < -0.4 is 5.11 Å². The van der Waals surface area contributed by atoms with Gasteiger partial charge >= 0.3 is 18.6 Å². The molecule has 30 heavy (non-hydrogen) atoms. The van der Waals surface area contributed by atoms with Crippen molar-refractivity contribution >= 4 is 5.69 Å².